The third-order valence-corrected chi connectivity index (χ3v) is 7.46. The molecule has 3 fully saturated rings. The van der Waals surface area contributed by atoms with E-state index >= 15 is 0 Å². The van der Waals surface area contributed by atoms with Crippen LogP contribution in [-0.4, -0.2) is 79.3 Å². The van der Waals surface area contributed by atoms with Crippen LogP contribution in [0.2, 0.25) is 0 Å². The Hall–Kier alpha value is -1.63. The lowest BCUT2D eigenvalue weighted by Gasteiger charge is -2.35. The van der Waals surface area contributed by atoms with Crippen molar-refractivity contribution in [1.29, 1.82) is 0 Å². The minimum atomic E-state index is -0.469. The van der Waals surface area contributed by atoms with Crippen molar-refractivity contribution >= 4 is 5.91 Å². The van der Waals surface area contributed by atoms with Gasteiger partial charge in [0.2, 0.25) is 0 Å². The van der Waals surface area contributed by atoms with E-state index in [0.29, 0.717) is 23.1 Å². The number of methoxy groups -OCH3 is 1. The highest BCUT2D eigenvalue weighted by atomic mass is 16.5. The van der Waals surface area contributed by atoms with E-state index in [1.807, 2.05) is 25.1 Å². The van der Waals surface area contributed by atoms with Gasteiger partial charge in [0.25, 0.3) is 5.91 Å². The maximum Gasteiger partial charge on any atom is 0.251 e. The third kappa shape index (κ3) is 4.82. The summed E-state index contributed by atoms with van der Waals surface area (Å²) in [6, 6.07) is 5.35. The standard InChI is InChI=1S/C24H37N3O3/c1-17-20(7-6-8-23(17)30-2)24(29)25-21-13-18-15-27(16-19(18)14-22(21)28)12-11-26-9-4-3-5-10-26/h6-8,18-19,21-22,28H,3-5,9-16H2,1-2H3,(H,25,29)/t18-,19+,21-,22-/m0/s1. The van der Waals surface area contributed by atoms with Crippen LogP contribution in [0.3, 0.4) is 0 Å². The molecule has 2 N–H and O–H groups in total. The molecule has 2 saturated heterocycles. The van der Waals surface area contributed by atoms with E-state index < -0.39 is 6.10 Å². The second kappa shape index (κ2) is 9.67. The molecule has 6 heteroatoms. The Balaban J connectivity index is 1.31. The summed E-state index contributed by atoms with van der Waals surface area (Å²) in [4.78, 5) is 18.1. The first-order valence-electron chi connectivity index (χ1n) is 11.6. The van der Waals surface area contributed by atoms with Gasteiger partial charge in [0, 0.05) is 37.3 Å². The first kappa shape index (κ1) is 21.6. The normalized spacial score (nSPS) is 30.1. The van der Waals surface area contributed by atoms with Crippen LogP contribution in [0.1, 0.15) is 48.0 Å². The zero-order valence-electron chi connectivity index (χ0n) is 18.5. The van der Waals surface area contributed by atoms with Gasteiger partial charge in [-0.25, -0.2) is 0 Å². The molecule has 30 heavy (non-hydrogen) atoms. The average Bonchev–Trinajstić information content (AvgIpc) is 3.15. The minimum Gasteiger partial charge on any atom is -0.496 e. The van der Waals surface area contributed by atoms with Gasteiger partial charge < -0.3 is 25.0 Å². The third-order valence-electron chi connectivity index (χ3n) is 7.46. The summed E-state index contributed by atoms with van der Waals surface area (Å²) in [5, 5.41) is 13.9. The predicted octanol–water partition coefficient (Wildman–Crippen LogP) is 2.29. The van der Waals surface area contributed by atoms with Crippen LogP contribution in [0.4, 0.5) is 0 Å². The van der Waals surface area contributed by atoms with Crippen molar-refractivity contribution in [2.24, 2.45) is 11.8 Å². The number of piperidine rings is 1. The van der Waals surface area contributed by atoms with Crippen LogP contribution < -0.4 is 10.1 Å². The summed E-state index contributed by atoms with van der Waals surface area (Å²) in [7, 11) is 1.62. The van der Waals surface area contributed by atoms with Crippen molar-refractivity contribution in [1.82, 2.24) is 15.1 Å². The average molecular weight is 416 g/mol. The number of likely N-dealkylation sites (tertiary alicyclic amines) is 2. The Labute approximate surface area is 180 Å². The number of nitrogens with one attached hydrogen (secondary N) is 1. The number of ether oxygens (including phenoxy) is 1. The monoisotopic (exact) mass is 415 g/mol. The van der Waals surface area contributed by atoms with Crippen molar-refractivity contribution in [3.8, 4) is 5.75 Å². The molecule has 3 aliphatic rings. The molecular formula is C24H37N3O3. The number of benzene rings is 1. The van der Waals surface area contributed by atoms with Crippen molar-refractivity contribution in [2.45, 2.75) is 51.2 Å². The molecule has 1 aromatic carbocycles. The number of nitrogens with zero attached hydrogens (tertiary/aromatic N) is 2. The molecule has 1 aliphatic carbocycles. The van der Waals surface area contributed by atoms with E-state index in [1.165, 1.54) is 32.4 Å². The summed E-state index contributed by atoms with van der Waals surface area (Å²) < 4.78 is 5.34. The van der Waals surface area contributed by atoms with E-state index in [9.17, 15) is 9.90 Å². The number of amides is 1. The molecule has 0 aromatic heterocycles. The van der Waals surface area contributed by atoms with Gasteiger partial charge >= 0.3 is 0 Å². The van der Waals surface area contributed by atoms with Crippen LogP contribution >= 0.6 is 0 Å². The smallest absolute Gasteiger partial charge is 0.251 e. The Kier molecular flexibility index (Phi) is 6.96. The second-order valence-corrected chi connectivity index (χ2v) is 9.43. The highest BCUT2D eigenvalue weighted by molar-refractivity contribution is 5.96. The van der Waals surface area contributed by atoms with Gasteiger partial charge in [-0.15, -0.1) is 0 Å². The van der Waals surface area contributed by atoms with Crippen molar-refractivity contribution < 1.29 is 14.6 Å². The Morgan fingerprint density at radius 3 is 2.53 bits per heavy atom. The molecule has 2 aliphatic heterocycles. The molecule has 1 saturated carbocycles. The van der Waals surface area contributed by atoms with Crippen molar-refractivity contribution in [3.63, 3.8) is 0 Å². The topological polar surface area (TPSA) is 65.0 Å². The van der Waals surface area contributed by atoms with E-state index in [2.05, 4.69) is 15.1 Å². The van der Waals surface area contributed by atoms with Crippen LogP contribution in [-0.2, 0) is 0 Å². The summed E-state index contributed by atoms with van der Waals surface area (Å²) in [5.41, 5.74) is 1.46. The van der Waals surface area contributed by atoms with Gasteiger partial charge in [-0.1, -0.05) is 12.5 Å². The van der Waals surface area contributed by atoms with E-state index in [1.54, 1.807) is 7.11 Å². The molecule has 4 rings (SSSR count). The number of aliphatic hydroxyl groups is 1. The SMILES string of the molecule is COc1cccc(C(=O)N[C@H]2C[C@H]3CN(CCN4CCCCC4)C[C@H]3C[C@@H]2O)c1C. The lowest BCUT2D eigenvalue weighted by molar-refractivity contribution is 0.0461. The molecule has 0 spiro atoms. The lowest BCUT2D eigenvalue weighted by atomic mass is 9.77. The number of aliphatic hydroxyl groups excluding tert-OH is 1. The predicted molar refractivity (Wildman–Crippen MR) is 118 cm³/mol. The summed E-state index contributed by atoms with van der Waals surface area (Å²) in [6.07, 6.45) is 5.23. The molecule has 4 atom stereocenters. The maximum atomic E-state index is 12.9. The number of carbonyl (C=O) groups is 1. The molecular weight excluding hydrogens is 378 g/mol. The zero-order chi connectivity index (χ0) is 21.1. The van der Waals surface area contributed by atoms with Crippen LogP contribution in [0.15, 0.2) is 18.2 Å². The largest absolute Gasteiger partial charge is 0.496 e. The number of rotatable bonds is 6. The van der Waals surface area contributed by atoms with Crippen LogP contribution in [0.25, 0.3) is 0 Å². The maximum absolute atomic E-state index is 12.9. The van der Waals surface area contributed by atoms with Crippen molar-refractivity contribution in [3.05, 3.63) is 29.3 Å². The Morgan fingerprint density at radius 2 is 1.80 bits per heavy atom. The molecule has 6 nitrogen and oxygen atoms in total. The first-order chi connectivity index (χ1) is 14.5. The van der Waals surface area contributed by atoms with Crippen LogP contribution in [0, 0.1) is 18.8 Å². The zero-order valence-corrected chi connectivity index (χ0v) is 18.5. The van der Waals surface area contributed by atoms with Gasteiger partial charge in [0.1, 0.15) is 5.75 Å². The fourth-order valence-electron chi connectivity index (χ4n) is 5.66. The number of fused-ring (bicyclic) bond motifs is 1. The molecule has 0 bridgehead atoms. The number of hydrogen-bond acceptors (Lipinski definition) is 5. The molecule has 0 radical (unpaired) electrons. The fourth-order valence-corrected chi connectivity index (χ4v) is 5.66. The van der Waals surface area contributed by atoms with Gasteiger partial charge in [-0.05, 0) is 69.7 Å². The van der Waals surface area contributed by atoms with Gasteiger partial charge in [0.15, 0.2) is 0 Å². The van der Waals surface area contributed by atoms with Gasteiger partial charge in [0.05, 0.1) is 19.3 Å². The molecule has 1 aromatic rings. The lowest BCUT2D eigenvalue weighted by Crippen LogP contribution is -2.49. The Morgan fingerprint density at radius 1 is 1.10 bits per heavy atom. The second-order valence-electron chi connectivity index (χ2n) is 9.43. The summed E-state index contributed by atoms with van der Waals surface area (Å²) in [6.45, 7) is 8.87. The molecule has 2 heterocycles. The quantitative estimate of drug-likeness (QED) is 0.746. The number of hydrogen-bond donors (Lipinski definition) is 2. The van der Waals surface area contributed by atoms with Crippen LogP contribution in [0.5, 0.6) is 5.75 Å². The first-order valence-corrected chi connectivity index (χ1v) is 11.6. The number of carbonyl (C=O) groups excluding carboxylic acids is 1. The molecule has 0 unspecified atom stereocenters. The fraction of sp³-hybridized carbons (Fsp3) is 0.708. The minimum absolute atomic E-state index is 0.117. The summed E-state index contributed by atoms with van der Waals surface area (Å²) >= 11 is 0. The van der Waals surface area contributed by atoms with Crippen molar-refractivity contribution in [2.75, 3.05) is 46.4 Å². The Bertz CT molecular complexity index is 734. The summed E-state index contributed by atoms with van der Waals surface area (Å²) in [5.74, 6) is 1.71. The van der Waals surface area contributed by atoms with E-state index in [0.717, 1.165) is 44.6 Å². The highest BCUT2D eigenvalue weighted by Gasteiger charge is 2.42. The van der Waals surface area contributed by atoms with Gasteiger partial charge in [-0.2, -0.15) is 0 Å². The molecule has 1 amide bonds. The van der Waals surface area contributed by atoms with E-state index in [4.69, 9.17) is 4.74 Å². The molecule has 166 valence electrons. The highest BCUT2D eigenvalue weighted by Crippen LogP contribution is 2.36. The van der Waals surface area contributed by atoms with E-state index in [-0.39, 0.29) is 11.9 Å². The van der Waals surface area contributed by atoms with Gasteiger partial charge in [-0.3, -0.25) is 4.79 Å².